The van der Waals surface area contributed by atoms with Gasteiger partial charge in [0.05, 0.1) is 0 Å². The molecule has 0 fully saturated rings. The highest BCUT2D eigenvalue weighted by Gasteiger charge is 1.56. The van der Waals surface area contributed by atoms with Gasteiger partial charge >= 0.3 is 0 Å². The fourth-order valence-corrected chi connectivity index (χ4v) is 0. The van der Waals surface area contributed by atoms with Crippen LogP contribution in [0.4, 0.5) is 0 Å². The average Bonchev–Trinajstić information content (AvgIpc) is 2.08. The summed E-state index contributed by atoms with van der Waals surface area (Å²) in [5.41, 5.74) is 0. The third kappa shape index (κ3) is 100. The van der Waals surface area contributed by atoms with Crippen molar-refractivity contribution in [3.05, 3.63) is 0 Å². The van der Waals surface area contributed by atoms with Crippen LogP contribution in [0.3, 0.4) is 0 Å². The molecule has 0 aromatic heterocycles. The van der Waals surface area contributed by atoms with Gasteiger partial charge in [-0.1, -0.05) is 40.5 Å². The molecule has 0 aromatic rings. The maximum Gasteiger partial charge on any atom is 0.0433 e. The van der Waals surface area contributed by atoms with E-state index >= 15 is 0 Å². The molecule has 0 amide bonds. The number of hydrogen-bond donors (Lipinski definition) is 0. The molecule has 0 aliphatic heterocycles. The van der Waals surface area contributed by atoms with Crippen molar-refractivity contribution >= 4 is 0 Å². The fourth-order valence-electron chi connectivity index (χ4n) is 0. The molecular formula is C9H24O. The van der Waals surface area contributed by atoms with E-state index in [0.29, 0.717) is 0 Å². The summed E-state index contributed by atoms with van der Waals surface area (Å²) in [4.78, 5) is 0. The average molecular weight is 148 g/mol. The van der Waals surface area contributed by atoms with E-state index in [9.17, 15) is 0 Å². The maximum absolute atomic E-state index is 4.54. The van der Waals surface area contributed by atoms with Crippen LogP contribution in [-0.2, 0) is 4.74 Å². The highest BCUT2D eigenvalue weighted by molar-refractivity contribution is 4.12. The second-order valence-corrected chi connectivity index (χ2v) is 1.58. The summed E-state index contributed by atoms with van der Waals surface area (Å²) in [5.74, 6) is 0. The van der Waals surface area contributed by atoms with Crippen LogP contribution in [0, 0.1) is 0 Å². The number of hydrogen-bond acceptors (Lipinski definition) is 1. The summed E-state index contributed by atoms with van der Waals surface area (Å²) in [5, 5.41) is 0. The first-order valence-electron chi connectivity index (χ1n) is 4.32. The Morgan fingerprint density at radius 3 is 1.10 bits per heavy atom. The highest BCUT2D eigenvalue weighted by Crippen LogP contribution is 1.76. The van der Waals surface area contributed by atoms with Gasteiger partial charge in [-0.2, -0.15) is 0 Å². The summed E-state index contributed by atoms with van der Waals surface area (Å²) in [7, 11) is 1.68. The molecule has 0 aliphatic rings. The monoisotopic (exact) mass is 148 g/mol. The zero-order valence-corrected chi connectivity index (χ0v) is 8.53. The number of unbranched alkanes of at least 4 members (excludes halogenated alkanes) is 1. The lowest BCUT2D eigenvalue weighted by Gasteiger charge is -1.76. The Labute approximate surface area is 66.8 Å². The molecule has 0 saturated heterocycles. The lowest BCUT2D eigenvalue weighted by atomic mass is 10.4. The first kappa shape index (κ1) is 16.5. The molecule has 1 nitrogen and oxygen atoms in total. The van der Waals surface area contributed by atoms with E-state index in [1.54, 1.807) is 7.11 Å². The maximum atomic E-state index is 4.54. The van der Waals surface area contributed by atoms with Crippen LogP contribution in [0.25, 0.3) is 0 Å². The largest absolute Gasteiger partial charge is 0.385 e. The van der Waals surface area contributed by atoms with E-state index in [2.05, 4.69) is 18.6 Å². The molecule has 0 saturated carbocycles. The second-order valence-electron chi connectivity index (χ2n) is 1.58. The summed E-state index contributed by atoms with van der Waals surface area (Å²) >= 11 is 0. The summed E-state index contributed by atoms with van der Waals surface area (Å²) in [6.45, 7) is 11.1. The van der Waals surface area contributed by atoms with E-state index < -0.39 is 0 Å². The predicted octanol–water partition coefficient (Wildman–Crippen LogP) is 3.49. The van der Waals surface area contributed by atoms with Crippen molar-refractivity contribution in [2.75, 3.05) is 13.7 Å². The highest BCUT2D eigenvalue weighted by atomic mass is 16.5. The van der Waals surface area contributed by atoms with Crippen molar-refractivity contribution in [1.29, 1.82) is 0 Å². The minimum Gasteiger partial charge on any atom is -0.385 e. The minimum atomic E-state index is 0.819. The van der Waals surface area contributed by atoms with E-state index in [0.717, 1.165) is 6.61 Å². The quantitative estimate of drug-likeness (QED) is 0.582. The van der Waals surface area contributed by atoms with Crippen molar-refractivity contribution < 1.29 is 4.74 Å². The lowest BCUT2D eigenvalue weighted by Crippen LogP contribution is -1.73. The fraction of sp³-hybridized carbons (Fsp3) is 1.00. The Hall–Kier alpha value is -0.0400. The van der Waals surface area contributed by atoms with Crippen LogP contribution < -0.4 is 0 Å². The Kier molecular flexibility index (Phi) is 59.8. The first-order chi connectivity index (χ1) is 4.83. The zero-order chi connectivity index (χ0) is 8.83. The topological polar surface area (TPSA) is 9.23 Å². The number of ether oxygens (including phenoxy) is 1. The Bertz CT molecular complexity index is 12.7. The van der Waals surface area contributed by atoms with Gasteiger partial charge in [0.2, 0.25) is 0 Å². The standard InChI is InChI=1S/C4H10.C3H8O.C2H6/c2*1-3-4-2;1-2/h3-4H2,1-2H3;3H2,1-2H3;1-2H3. The SMILES string of the molecule is CC.CCCC.CCOC. The zero-order valence-electron chi connectivity index (χ0n) is 8.53. The van der Waals surface area contributed by atoms with Gasteiger partial charge in [-0.3, -0.25) is 0 Å². The second kappa shape index (κ2) is 36.2. The molecular weight excluding hydrogens is 124 g/mol. The van der Waals surface area contributed by atoms with Crippen molar-refractivity contribution in [1.82, 2.24) is 0 Å². The van der Waals surface area contributed by atoms with Gasteiger partial charge in [-0.25, -0.2) is 0 Å². The van der Waals surface area contributed by atoms with Crippen molar-refractivity contribution in [3.8, 4) is 0 Å². The molecule has 0 rings (SSSR count). The third-order valence-corrected chi connectivity index (χ3v) is 0.789. The summed E-state index contributed by atoms with van der Waals surface area (Å²) in [6.07, 6.45) is 2.64. The number of methoxy groups -OCH3 is 1. The normalized spacial score (nSPS) is 6.60. The molecule has 0 aromatic carbocycles. The van der Waals surface area contributed by atoms with E-state index in [1.807, 2.05) is 20.8 Å². The predicted molar refractivity (Wildman–Crippen MR) is 49.5 cm³/mol. The molecule has 0 radical (unpaired) electrons. The molecule has 0 spiro atoms. The molecule has 0 bridgehead atoms. The third-order valence-electron chi connectivity index (χ3n) is 0.789. The lowest BCUT2D eigenvalue weighted by molar-refractivity contribution is 0.215. The van der Waals surface area contributed by atoms with Gasteiger partial charge in [-0.15, -0.1) is 0 Å². The number of rotatable bonds is 2. The van der Waals surface area contributed by atoms with Gasteiger partial charge in [0.25, 0.3) is 0 Å². The van der Waals surface area contributed by atoms with Crippen LogP contribution >= 0.6 is 0 Å². The summed E-state index contributed by atoms with van der Waals surface area (Å²) < 4.78 is 4.54. The molecule has 10 heavy (non-hydrogen) atoms. The molecule has 0 N–H and O–H groups in total. The van der Waals surface area contributed by atoms with Gasteiger partial charge in [0, 0.05) is 13.7 Å². The smallest absolute Gasteiger partial charge is 0.0433 e. The first-order valence-corrected chi connectivity index (χ1v) is 4.32. The van der Waals surface area contributed by atoms with E-state index in [-0.39, 0.29) is 0 Å². The van der Waals surface area contributed by atoms with Crippen LogP contribution in [-0.4, -0.2) is 13.7 Å². The van der Waals surface area contributed by atoms with Crippen LogP contribution in [0.5, 0.6) is 0 Å². The van der Waals surface area contributed by atoms with Crippen molar-refractivity contribution in [2.24, 2.45) is 0 Å². The molecule has 66 valence electrons. The Balaban J connectivity index is -0.0000000787. The molecule has 0 heterocycles. The van der Waals surface area contributed by atoms with E-state index in [4.69, 9.17) is 0 Å². The van der Waals surface area contributed by atoms with Gasteiger partial charge in [0.1, 0.15) is 0 Å². The Morgan fingerprint density at radius 2 is 1.10 bits per heavy atom. The van der Waals surface area contributed by atoms with Gasteiger partial charge < -0.3 is 4.74 Å². The molecule has 0 aliphatic carbocycles. The minimum absolute atomic E-state index is 0.819. The van der Waals surface area contributed by atoms with Crippen molar-refractivity contribution in [2.45, 2.75) is 47.5 Å². The Morgan fingerprint density at radius 1 is 0.900 bits per heavy atom. The van der Waals surface area contributed by atoms with E-state index in [1.165, 1.54) is 12.8 Å². The van der Waals surface area contributed by atoms with Crippen LogP contribution in [0.15, 0.2) is 0 Å². The van der Waals surface area contributed by atoms with Gasteiger partial charge in [0.15, 0.2) is 0 Å². The molecule has 1 heteroatoms. The van der Waals surface area contributed by atoms with Crippen LogP contribution in [0.1, 0.15) is 47.5 Å². The van der Waals surface area contributed by atoms with Crippen molar-refractivity contribution in [3.63, 3.8) is 0 Å². The molecule has 0 unspecified atom stereocenters. The van der Waals surface area contributed by atoms with Crippen LogP contribution in [0.2, 0.25) is 0 Å². The molecule has 0 atom stereocenters. The van der Waals surface area contributed by atoms with Gasteiger partial charge in [-0.05, 0) is 6.92 Å². The summed E-state index contributed by atoms with van der Waals surface area (Å²) in [6, 6.07) is 0.